The molecule has 0 aromatic heterocycles. The fourth-order valence-electron chi connectivity index (χ4n) is 1.55. The molecule has 1 aromatic rings. The van der Waals surface area contributed by atoms with Crippen LogP contribution in [-0.2, 0) is 9.84 Å². The third-order valence-electron chi connectivity index (χ3n) is 2.71. The molecule has 4 nitrogen and oxygen atoms in total. The molecule has 0 aliphatic heterocycles. The summed E-state index contributed by atoms with van der Waals surface area (Å²) in [5.74, 6) is -3.38. The van der Waals surface area contributed by atoms with Crippen LogP contribution in [0.1, 0.15) is 6.92 Å². The third-order valence-corrected chi connectivity index (χ3v) is 4.11. The topological polar surface area (TPSA) is 49.4 Å². The maximum atomic E-state index is 12.4. The van der Waals surface area contributed by atoms with Crippen molar-refractivity contribution < 1.29 is 17.2 Å². The molecule has 0 aliphatic carbocycles. The number of likely N-dealkylation sites (N-methyl/N-ethyl adjacent to an activating group) is 2. The first-order valence-electron chi connectivity index (χ1n) is 5.93. The molecular formula is C12H18F2N2O2S. The van der Waals surface area contributed by atoms with E-state index in [1.165, 1.54) is 24.3 Å². The van der Waals surface area contributed by atoms with Crippen molar-refractivity contribution in [1.29, 1.82) is 0 Å². The summed E-state index contributed by atoms with van der Waals surface area (Å²) in [4.78, 5) is 1.56. The zero-order valence-electron chi connectivity index (χ0n) is 10.9. The van der Waals surface area contributed by atoms with E-state index in [4.69, 9.17) is 0 Å². The molecular weight excluding hydrogens is 274 g/mol. The van der Waals surface area contributed by atoms with E-state index in [1.807, 2.05) is 18.9 Å². The average Bonchev–Trinajstić information content (AvgIpc) is 2.39. The number of alkyl halides is 2. The number of halogens is 2. The maximum Gasteiger partial charge on any atom is 0.341 e. The van der Waals surface area contributed by atoms with Gasteiger partial charge in [0.05, 0.1) is 4.90 Å². The third kappa shape index (κ3) is 4.14. The van der Waals surface area contributed by atoms with Crippen molar-refractivity contribution in [3.8, 4) is 0 Å². The summed E-state index contributed by atoms with van der Waals surface area (Å²) in [6.07, 6.45) is 0. The van der Waals surface area contributed by atoms with Gasteiger partial charge in [-0.2, -0.15) is 8.78 Å². The number of nitrogens with zero attached hydrogens (tertiary/aromatic N) is 1. The van der Waals surface area contributed by atoms with Crippen LogP contribution in [-0.4, -0.2) is 40.9 Å². The Bertz CT molecular complexity index is 489. The van der Waals surface area contributed by atoms with Gasteiger partial charge in [0.1, 0.15) is 0 Å². The lowest BCUT2D eigenvalue weighted by atomic mass is 10.3. The molecule has 0 aliphatic rings. The Morgan fingerprint density at radius 2 is 1.84 bits per heavy atom. The van der Waals surface area contributed by atoms with Crippen molar-refractivity contribution in [3.05, 3.63) is 24.3 Å². The van der Waals surface area contributed by atoms with Crippen molar-refractivity contribution in [1.82, 2.24) is 5.32 Å². The quantitative estimate of drug-likeness (QED) is 0.778. The van der Waals surface area contributed by atoms with Crippen LogP contribution in [0.5, 0.6) is 0 Å². The first kappa shape index (κ1) is 15.8. The Hall–Kier alpha value is -1.21. The Balaban J connectivity index is 2.77. The first-order chi connectivity index (χ1) is 8.89. The summed E-state index contributed by atoms with van der Waals surface area (Å²) < 4.78 is 47.2. The van der Waals surface area contributed by atoms with Crippen molar-refractivity contribution in [2.45, 2.75) is 17.6 Å². The highest BCUT2D eigenvalue weighted by Gasteiger charge is 2.26. The van der Waals surface area contributed by atoms with Gasteiger partial charge in [0.25, 0.3) is 0 Å². The van der Waals surface area contributed by atoms with Crippen LogP contribution < -0.4 is 10.2 Å². The second-order valence-corrected chi connectivity index (χ2v) is 5.99. The predicted molar refractivity (Wildman–Crippen MR) is 71.4 cm³/mol. The molecule has 0 heterocycles. The van der Waals surface area contributed by atoms with Crippen LogP contribution in [0.3, 0.4) is 0 Å². The molecule has 7 heteroatoms. The van der Waals surface area contributed by atoms with Crippen LogP contribution in [0, 0.1) is 0 Å². The van der Waals surface area contributed by atoms with E-state index in [-0.39, 0.29) is 4.90 Å². The van der Waals surface area contributed by atoms with Gasteiger partial charge < -0.3 is 10.2 Å². The number of rotatable bonds is 7. The normalized spacial score (nSPS) is 11.8. The lowest BCUT2D eigenvalue weighted by Gasteiger charge is -2.19. The van der Waals surface area contributed by atoms with E-state index < -0.39 is 15.6 Å². The van der Waals surface area contributed by atoms with Crippen LogP contribution in [0.2, 0.25) is 0 Å². The number of hydrogen-bond donors (Lipinski definition) is 1. The van der Waals surface area contributed by atoms with Crippen LogP contribution in [0.4, 0.5) is 14.5 Å². The minimum atomic E-state index is -4.50. The minimum Gasteiger partial charge on any atom is -0.373 e. The average molecular weight is 292 g/mol. The molecule has 19 heavy (non-hydrogen) atoms. The molecule has 1 rings (SSSR count). The van der Waals surface area contributed by atoms with Gasteiger partial charge in [-0.05, 0) is 30.8 Å². The minimum absolute atomic E-state index is 0.355. The zero-order valence-corrected chi connectivity index (χ0v) is 11.8. The van der Waals surface area contributed by atoms with E-state index in [0.29, 0.717) is 0 Å². The van der Waals surface area contributed by atoms with Gasteiger partial charge in [-0.1, -0.05) is 6.92 Å². The van der Waals surface area contributed by atoms with E-state index in [1.54, 1.807) is 0 Å². The lowest BCUT2D eigenvalue weighted by Crippen LogP contribution is -2.28. The predicted octanol–water partition coefficient (Wildman–Crippen LogP) is 1.73. The highest BCUT2D eigenvalue weighted by molar-refractivity contribution is 7.91. The molecule has 0 saturated carbocycles. The number of nitrogens with one attached hydrogen (secondary N) is 1. The lowest BCUT2D eigenvalue weighted by molar-refractivity contribution is 0.234. The Labute approximate surface area is 112 Å². The number of anilines is 1. The molecule has 0 atom stereocenters. The summed E-state index contributed by atoms with van der Waals surface area (Å²) in [6.45, 7) is 4.42. The fourth-order valence-corrected chi connectivity index (χ4v) is 2.27. The molecule has 0 fully saturated rings. The second kappa shape index (κ2) is 6.81. The van der Waals surface area contributed by atoms with E-state index in [0.717, 1.165) is 25.3 Å². The SMILES string of the molecule is CCNCCN(C)c1ccc(S(=O)(=O)C(F)F)cc1. The largest absolute Gasteiger partial charge is 0.373 e. The zero-order chi connectivity index (χ0) is 14.5. The van der Waals surface area contributed by atoms with Crippen molar-refractivity contribution >= 4 is 15.5 Å². The van der Waals surface area contributed by atoms with Gasteiger partial charge in [-0.3, -0.25) is 0 Å². The Kier molecular flexibility index (Phi) is 5.68. The molecule has 1 aromatic carbocycles. The summed E-state index contributed by atoms with van der Waals surface area (Å²) in [5.41, 5.74) is 0.783. The smallest absolute Gasteiger partial charge is 0.341 e. The van der Waals surface area contributed by atoms with Crippen LogP contribution in [0.25, 0.3) is 0 Å². The van der Waals surface area contributed by atoms with E-state index in [2.05, 4.69) is 5.32 Å². The molecule has 0 spiro atoms. The second-order valence-electron chi connectivity index (χ2n) is 4.07. The molecule has 0 saturated heterocycles. The van der Waals surface area contributed by atoms with Crippen molar-refractivity contribution in [2.24, 2.45) is 0 Å². The highest BCUT2D eigenvalue weighted by atomic mass is 32.2. The fraction of sp³-hybridized carbons (Fsp3) is 0.500. The molecule has 108 valence electrons. The van der Waals surface area contributed by atoms with Gasteiger partial charge in [0.2, 0.25) is 9.84 Å². The Morgan fingerprint density at radius 3 is 2.32 bits per heavy atom. The van der Waals surface area contributed by atoms with Gasteiger partial charge in [-0.15, -0.1) is 0 Å². The summed E-state index contributed by atoms with van der Waals surface area (Å²) in [6, 6.07) is 5.48. The van der Waals surface area contributed by atoms with Crippen LogP contribution in [0.15, 0.2) is 29.2 Å². The number of hydrogen-bond acceptors (Lipinski definition) is 4. The molecule has 0 bridgehead atoms. The summed E-state index contributed by atoms with van der Waals surface area (Å²) >= 11 is 0. The monoisotopic (exact) mass is 292 g/mol. The Morgan fingerprint density at radius 1 is 1.26 bits per heavy atom. The van der Waals surface area contributed by atoms with Gasteiger partial charge in [0.15, 0.2) is 0 Å². The summed E-state index contributed by atoms with van der Waals surface area (Å²) in [7, 11) is -2.65. The van der Waals surface area contributed by atoms with Crippen molar-refractivity contribution in [2.75, 3.05) is 31.6 Å². The van der Waals surface area contributed by atoms with Crippen LogP contribution >= 0.6 is 0 Å². The van der Waals surface area contributed by atoms with E-state index in [9.17, 15) is 17.2 Å². The number of benzene rings is 1. The summed E-state index contributed by atoms with van der Waals surface area (Å²) in [5, 5.41) is 3.16. The van der Waals surface area contributed by atoms with Crippen molar-refractivity contribution in [3.63, 3.8) is 0 Å². The van der Waals surface area contributed by atoms with Gasteiger partial charge in [-0.25, -0.2) is 8.42 Å². The van der Waals surface area contributed by atoms with Gasteiger partial charge >= 0.3 is 5.76 Å². The highest BCUT2D eigenvalue weighted by Crippen LogP contribution is 2.21. The van der Waals surface area contributed by atoms with Gasteiger partial charge in [0, 0.05) is 25.8 Å². The molecule has 0 radical (unpaired) electrons. The number of sulfone groups is 1. The molecule has 1 N–H and O–H groups in total. The maximum absolute atomic E-state index is 12.4. The molecule has 0 amide bonds. The van der Waals surface area contributed by atoms with E-state index >= 15 is 0 Å². The first-order valence-corrected chi connectivity index (χ1v) is 7.48. The standard InChI is InChI=1S/C12H18F2N2O2S/c1-3-15-8-9-16(2)10-4-6-11(7-5-10)19(17,18)12(13)14/h4-7,12,15H,3,8-9H2,1-2H3. The molecule has 0 unspecified atom stereocenters.